The van der Waals surface area contributed by atoms with E-state index in [1.54, 1.807) is 38.1 Å². The van der Waals surface area contributed by atoms with E-state index in [1.165, 1.54) is 13.8 Å². The van der Waals surface area contributed by atoms with E-state index in [0.29, 0.717) is 24.8 Å². The predicted octanol–water partition coefficient (Wildman–Crippen LogP) is -0.135. The minimum Gasteiger partial charge on any atom is -0.344 e. The topological polar surface area (TPSA) is 186 Å². The van der Waals surface area contributed by atoms with Crippen molar-refractivity contribution in [2.45, 2.75) is 65.1 Å². The first-order chi connectivity index (χ1) is 23.8. The minimum absolute atomic E-state index is 0.0793. The van der Waals surface area contributed by atoms with E-state index in [1.807, 2.05) is 30.3 Å². The molecular formula is C34H41N8O8+. The van der Waals surface area contributed by atoms with Gasteiger partial charge in [0.05, 0.1) is 11.0 Å². The third-order valence-electron chi connectivity index (χ3n) is 8.94. The molecule has 3 aliphatic rings. The molecular weight excluding hydrogens is 648 g/mol. The molecule has 264 valence electrons. The lowest BCUT2D eigenvalue weighted by molar-refractivity contribution is -1.23. The first kappa shape index (κ1) is 35.7. The van der Waals surface area contributed by atoms with Gasteiger partial charge in [-0.05, 0) is 48.9 Å². The van der Waals surface area contributed by atoms with Crippen molar-refractivity contribution in [3.63, 3.8) is 0 Å². The molecule has 3 heterocycles. The lowest BCUT2D eigenvalue weighted by Crippen LogP contribution is -2.72. The van der Waals surface area contributed by atoms with Gasteiger partial charge in [-0.1, -0.05) is 61.3 Å². The molecule has 2 aromatic rings. The number of carbonyl (C=O) groups excluding carboxylic acids is 8. The number of amides is 7. The molecule has 16 nitrogen and oxygen atoms in total. The van der Waals surface area contributed by atoms with Crippen LogP contribution >= 0.6 is 0 Å². The zero-order chi connectivity index (χ0) is 36.3. The van der Waals surface area contributed by atoms with Gasteiger partial charge in [0.25, 0.3) is 5.91 Å². The highest BCUT2D eigenvalue weighted by atomic mass is 16.4. The Balaban J connectivity index is 1.15. The second-order valence-electron chi connectivity index (χ2n) is 12.9. The zero-order valence-corrected chi connectivity index (χ0v) is 28.3. The van der Waals surface area contributed by atoms with Crippen LogP contribution < -0.4 is 16.0 Å². The van der Waals surface area contributed by atoms with E-state index >= 15 is 0 Å². The van der Waals surface area contributed by atoms with Crippen LogP contribution in [0.4, 0.5) is 5.69 Å². The highest BCUT2D eigenvalue weighted by molar-refractivity contribution is 5.98. The quantitative estimate of drug-likeness (QED) is 0.192. The number of hydrogen-bond acceptors (Lipinski definition) is 8. The van der Waals surface area contributed by atoms with Crippen LogP contribution in [0.3, 0.4) is 0 Å². The molecule has 2 aromatic carbocycles. The third kappa shape index (κ3) is 6.78. The number of rotatable bonds is 13. The maximum atomic E-state index is 13.2. The molecule has 1 spiro atoms. The van der Waals surface area contributed by atoms with Crippen LogP contribution in [0.2, 0.25) is 0 Å². The predicted molar refractivity (Wildman–Crippen MR) is 176 cm³/mol. The Bertz CT molecular complexity index is 1700. The van der Waals surface area contributed by atoms with Gasteiger partial charge in [-0.3, -0.25) is 33.6 Å². The number of nitrogens with zero attached hydrogens (tertiary/aromatic N) is 5. The normalized spacial score (nSPS) is 20.8. The summed E-state index contributed by atoms with van der Waals surface area (Å²) in [5, 5.41) is 12.6. The van der Waals surface area contributed by atoms with E-state index in [0.717, 1.165) is 31.2 Å². The van der Waals surface area contributed by atoms with Crippen LogP contribution in [-0.2, 0) is 51.2 Å². The number of anilines is 1. The fraction of sp³-hybridized carbons (Fsp3) is 0.412. The smallest absolute Gasteiger partial charge is 0.303 e. The molecule has 0 saturated carbocycles. The highest BCUT2D eigenvalue weighted by Crippen LogP contribution is 2.42. The highest BCUT2D eigenvalue weighted by Gasteiger charge is 2.77. The number of hydrogen-bond donors (Lipinski definition) is 3. The van der Waals surface area contributed by atoms with E-state index < -0.39 is 71.6 Å². The van der Waals surface area contributed by atoms with Crippen LogP contribution in [0.15, 0.2) is 54.6 Å². The van der Waals surface area contributed by atoms with Crippen LogP contribution in [0.25, 0.3) is 0 Å². The van der Waals surface area contributed by atoms with Gasteiger partial charge in [0, 0.05) is 19.0 Å². The number of benzene rings is 2. The summed E-state index contributed by atoms with van der Waals surface area (Å²) >= 11 is 0. The van der Waals surface area contributed by atoms with Crippen LogP contribution in [0, 0.1) is 5.92 Å². The van der Waals surface area contributed by atoms with Crippen molar-refractivity contribution in [3.05, 3.63) is 65.7 Å². The summed E-state index contributed by atoms with van der Waals surface area (Å²) in [4.78, 5) is 101. The molecule has 0 bridgehead atoms. The molecule has 4 atom stereocenters. The molecule has 16 heteroatoms. The zero-order valence-electron chi connectivity index (χ0n) is 28.3. The van der Waals surface area contributed by atoms with Gasteiger partial charge in [0.1, 0.15) is 12.3 Å². The molecule has 0 aliphatic carbocycles. The van der Waals surface area contributed by atoms with Crippen LogP contribution in [0.5, 0.6) is 0 Å². The molecule has 3 N–H and O–H groups in total. The van der Waals surface area contributed by atoms with Crippen molar-refractivity contribution >= 4 is 53.3 Å². The van der Waals surface area contributed by atoms with Crippen LogP contribution in [-0.4, -0.2) is 110 Å². The second kappa shape index (κ2) is 14.5. The lowest BCUT2D eigenvalue weighted by Gasteiger charge is -2.40. The standard InChI is InChI=1S/C34H40N8O8/c1-21(2)32(33(49)36-27(20-43)16-25-8-6-5-7-9-25)37-28(45)15-12-24-10-13-26(14-11-24)35-29(46)17-39-30(47)18-40-34(50)22(3)41-31(48)19-38(23(4)44)42(39,40)41/h5-11,13-14,20-22,27,32H,12,15-19H2,1-4H3,(H2-,35,36,37,45,46,49)/p+1/t22?,27?,32-,42?/m0/s1. The average molecular weight is 690 g/mol. The molecule has 3 saturated heterocycles. The van der Waals surface area contributed by atoms with E-state index in [9.17, 15) is 38.4 Å². The second-order valence-corrected chi connectivity index (χ2v) is 12.9. The Morgan fingerprint density at radius 2 is 1.58 bits per heavy atom. The van der Waals surface area contributed by atoms with Crippen LogP contribution in [0.1, 0.15) is 45.2 Å². The van der Waals surface area contributed by atoms with Gasteiger partial charge in [-0.2, -0.15) is 0 Å². The summed E-state index contributed by atoms with van der Waals surface area (Å²) in [6, 6.07) is 13.5. The molecule has 50 heavy (non-hydrogen) atoms. The van der Waals surface area contributed by atoms with E-state index in [2.05, 4.69) is 16.0 Å². The molecule has 3 fully saturated rings. The number of nitrogens with one attached hydrogen (secondary N) is 3. The number of aryl methyl sites for hydroxylation is 1. The molecule has 0 aromatic heterocycles. The van der Waals surface area contributed by atoms with Crippen molar-refractivity contribution in [3.8, 4) is 0 Å². The van der Waals surface area contributed by atoms with Crippen molar-refractivity contribution in [2.24, 2.45) is 5.92 Å². The SMILES string of the molecule is CC(=O)N1CC(=O)N2C(C)C(=O)N3CC(=O)N(CC(=O)Nc4ccc(CCC(=O)N[C@H](C(=O)NC(C=O)Cc5ccccc5)C(C)C)cc4)[N+]132. The first-order valence-corrected chi connectivity index (χ1v) is 16.4. The first-order valence-electron chi connectivity index (χ1n) is 16.4. The summed E-state index contributed by atoms with van der Waals surface area (Å²) < 4.78 is 0. The largest absolute Gasteiger partial charge is 0.344 e. The summed E-state index contributed by atoms with van der Waals surface area (Å²) in [6.45, 7) is 5.03. The lowest BCUT2D eigenvalue weighted by atomic mass is 10.0. The Morgan fingerprint density at radius 1 is 0.900 bits per heavy atom. The maximum Gasteiger partial charge on any atom is 0.303 e. The molecule has 3 unspecified atom stereocenters. The molecule has 3 aliphatic heterocycles. The maximum absolute atomic E-state index is 13.2. The molecule has 0 radical (unpaired) electrons. The van der Waals surface area contributed by atoms with Crippen molar-refractivity contribution < 1.29 is 43.3 Å². The number of quaternary nitrogens is 1. The van der Waals surface area contributed by atoms with Gasteiger partial charge in [-0.25, -0.2) is 0 Å². The third-order valence-corrected chi connectivity index (χ3v) is 8.94. The Hall–Kier alpha value is -5.64. The van der Waals surface area contributed by atoms with E-state index in [4.69, 9.17) is 0 Å². The fourth-order valence-corrected chi connectivity index (χ4v) is 6.50. The minimum atomic E-state index is -0.937. The fourth-order valence-electron chi connectivity index (χ4n) is 6.50. The number of aldehydes is 1. The van der Waals surface area contributed by atoms with Gasteiger partial charge < -0.3 is 20.7 Å². The van der Waals surface area contributed by atoms with Crippen molar-refractivity contribution in [1.29, 1.82) is 0 Å². The van der Waals surface area contributed by atoms with Gasteiger partial charge >= 0.3 is 17.7 Å². The van der Waals surface area contributed by atoms with Gasteiger partial charge in [0.15, 0.2) is 25.7 Å². The summed E-state index contributed by atoms with van der Waals surface area (Å²) in [5.74, 6) is -3.84. The summed E-state index contributed by atoms with van der Waals surface area (Å²) in [5.41, 5.74) is 2.07. The molecule has 7 amide bonds. The Labute approximate surface area is 288 Å². The molecule has 5 rings (SSSR count). The van der Waals surface area contributed by atoms with Crippen molar-refractivity contribution in [2.75, 3.05) is 25.0 Å². The average Bonchev–Trinajstić information content (AvgIpc) is 3.62. The summed E-state index contributed by atoms with van der Waals surface area (Å²) in [6.07, 6.45) is 1.43. The monoisotopic (exact) mass is 689 g/mol. The Morgan fingerprint density at radius 3 is 2.20 bits per heavy atom. The van der Waals surface area contributed by atoms with Crippen molar-refractivity contribution in [1.82, 2.24) is 30.7 Å². The van der Waals surface area contributed by atoms with Gasteiger partial charge in [-0.15, -0.1) is 15.0 Å². The Kier molecular flexibility index (Phi) is 10.3. The summed E-state index contributed by atoms with van der Waals surface area (Å²) in [7, 11) is 0. The number of carbonyl (C=O) groups is 8. The van der Waals surface area contributed by atoms with E-state index in [-0.39, 0.29) is 24.8 Å². The van der Waals surface area contributed by atoms with Gasteiger partial charge in [0.2, 0.25) is 17.7 Å².